The maximum absolute atomic E-state index is 13.1. The average molecular weight is 1410 g/mol. The van der Waals surface area contributed by atoms with Gasteiger partial charge in [0.05, 0.1) is 26.4 Å². The molecule has 0 heterocycles. The molecule has 3 N–H and O–H groups in total. The molecule has 0 aromatic rings. The van der Waals surface area contributed by atoms with E-state index in [0.29, 0.717) is 37.5 Å². The Morgan fingerprint density at radius 2 is 0.438 bits per heavy atom. The highest BCUT2D eigenvalue weighted by Crippen LogP contribution is 2.45. The van der Waals surface area contributed by atoms with Gasteiger partial charge in [0, 0.05) is 25.7 Å². The number of carbonyl (C=O) groups excluding carboxylic acids is 4. The summed E-state index contributed by atoms with van der Waals surface area (Å²) < 4.78 is 68.4. The molecule has 0 rings (SSSR count). The summed E-state index contributed by atoms with van der Waals surface area (Å²) in [5.41, 5.74) is 0. The Bertz CT molecular complexity index is 1880. The minimum atomic E-state index is -4.96. The number of hydrogen-bond acceptors (Lipinski definition) is 15. The van der Waals surface area contributed by atoms with Crippen LogP contribution in [0.3, 0.4) is 0 Å². The predicted molar refractivity (Wildman–Crippen MR) is 391 cm³/mol. The van der Waals surface area contributed by atoms with Crippen LogP contribution in [0.4, 0.5) is 0 Å². The lowest BCUT2D eigenvalue weighted by Crippen LogP contribution is -2.30. The van der Waals surface area contributed by atoms with Crippen LogP contribution in [0.5, 0.6) is 0 Å². The molecule has 0 aliphatic carbocycles. The zero-order valence-electron chi connectivity index (χ0n) is 63.0. The summed E-state index contributed by atoms with van der Waals surface area (Å²) in [5, 5.41) is 10.6. The van der Waals surface area contributed by atoms with E-state index >= 15 is 0 Å². The van der Waals surface area contributed by atoms with Gasteiger partial charge in [-0.15, -0.1) is 0 Å². The highest BCUT2D eigenvalue weighted by molar-refractivity contribution is 7.47. The van der Waals surface area contributed by atoms with Crippen molar-refractivity contribution >= 4 is 39.5 Å². The Morgan fingerprint density at radius 1 is 0.260 bits per heavy atom. The second kappa shape index (κ2) is 66.3. The molecule has 0 amide bonds. The molecule has 0 bridgehead atoms. The Morgan fingerprint density at radius 3 is 0.646 bits per heavy atom. The maximum atomic E-state index is 13.1. The first-order valence-electron chi connectivity index (χ1n) is 39.7. The van der Waals surface area contributed by atoms with Crippen molar-refractivity contribution < 1.29 is 80.2 Å². The van der Waals surface area contributed by atoms with Gasteiger partial charge in [-0.1, -0.05) is 338 Å². The van der Waals surface area contributed by atoms with Crippen LogP contribution in [-0.4, -0.2) is 96.7 Å². The minimum absolute atomic E-state index is 0.103. The third kappa shape index (κ3) is 70.5. The first-order valence-corrected chi connectivity index (χ1v) is 42.7. The molecule has 0 radical (unpaired) electrons. The van der Waals surface area contributed by atoms with Gasteiger partial charge >= 0.3 is 39.5 Å². The van der Waals surface area contributed by atoms with Gasteiger partial charge in [0.25, 0.3) is 0 Å². The van der Waals surface area contributed by atoms with Crippen molar-refractivity contribution in [1.29, 1.82) is 0 Å². The number of carbonyl (C=O) groups is 4. The number of phosphoric ester groups is 2. The van der Waals surface area contributed by atoms with Gasteiger partial charge in [0.15, 0.2) is 12.2 Å². The van der Waals surface area contributed by atoms with Crippen LogP contribution in [0, 0.1) is 23.7 Å². The van der Waals surface area contributed by atoms with Crippen molar-refractivity contribution in [2.75, 3.05) is 39.6 Å². The van der Waals surface area contributed by atoms with Crippen molar-refractivity contribution in [3.63, 3.8) is 0 Å². The Balaban J connectivity index is 5.13. The fraction of sp³-hybridized carbons (Fsp3) is 0.948. The van der Waals surface area contributed by atoms with E-state index in [2.05, 4.69) is 55.4 Å². The van der Waals surface area contributed by atoms with Crippen molar-refractivity contribution in [3.05, 3.63) is 0 Å². The fourth-order valence-corrected chi connectivity index (χ4v) is 13.3. The first-order chi connectivity index (χ1) is 46.1. The second-order valence-corrected chi connectivity index (χ2v) is 32.6. The molecule has 5 atom stereocenters. The molecule has 0 saturated carbocycles. The number of aliphatic hydroxyl groups excluding tert-OH is 1. The van der Waals surface area contributed by atoms with E-state index in [1.165, 1.54) is 186 Å². The normalized spacial score (nSPS) is 14.1. The van der Waals surface area contributed by atoms with Crippen molar-refractivity contribution in [3.8, 4) is 0 Å². The standard InChI is InChI=1S/C77H150O17P2/c1-67(2)53-45-37-29-24-20-16-13-11-9-10-12-14-18-22-26-32-41-49-57-74(79)87-63-72(94-77(82)60-52-44-34-28-31-39-47-55-69(5)6)65-91-95(83,84)89-61-71(78)62-90-96(85,86)92-66-73(64-88-75(80)58-50-42-36-35-40-48-56-70(7)8)93-76(81)59-51-43-33-27-23-19-15-17-21-25-30-38-46-54-68(3)4/h67-73,78H,9-66H2,1-8H3,(H,83,84)(H,85,86)/t71-,72-,73-/m1/s1. The lowest BCUT2D eigenvalue weighted by Gasteiger charge is -2.21. The minimum Gasteiger partial charge on any atom is -0.462 e. The highest BCUT2D eigenvalue weighted by atomic mass is 31.2. The van der Waals surface area contributed by atoms with E-state index in [1.54, 1.807) is 0 Å². The molecule has 0 saturated heterocycles. The fourth-order valence-electron chi connectivity index (χ4n) is 11.7. The summed E-state index contributed by atoms with van der Waals surface area (Å²) in [4.78, 5) is 72.7. The summed E-state index contributed by atoms with van der Waals surface area (Å²) in [6, 6.07) is 0. The van der Waals surface area contributed by atoms with Crippen molar-refractivity contribution in [1.82, 2.24) is 0 Å². The number of rotatable bonds is 74. The number of aliphatic hydroxyl groups is 1. The zero-order valence-corrected chi connectivity index (χ0v) is 64.8. The smallest absolute Gasteiger partial charge is 0.462 e. The Kier molecular flexibility index (Phi) is 65.0. The van der Waals surface area contributed by atoms with E-state index < -0.39 is 97.5 Å². The summed E-state index contributed by atoms with van der Waals surface area (Å²) >= 11 is 0. The Labute approximate surface area is 588 Å². The van der Waals surface area contributed by atoms with Crippen molar-refractivity contribution in [2.45, 2.75) is 408 Å². The molecular formula is C77H150O17P2. The van der Waals surface area contributed by atoms with Crippen LogP contribution < -0.4 is 0 Å². The van der Waals surface area contributed by atoms with E-state index in [-0.39, 0.29) is 25.7 Å². The topological polar surface area (TPSA) is 237 Å². The van der Waals surface area contributed by atoms with Gasteiger partial charge in [-0.25, -0.2) is 9.13 Å². The van der Waals surface area contributed by atoms with Crippen LogP contribution in [0.15, 0.2) is 0 Å². The van der Waals surface area contributed by atoms with Gasteiger partial charge < -0.3 is 33.8 Å². The summed E-state index contributed by atoms with van der Waals surface area (Å²) in [5.74, 6) is 0.860. The van der Waals surface area contributed by atoms with Crippen LogP contribution in [0.2, 0.25) is 0 Å². The third-order valence-electron chi connectivity index (χ3n) is 17.8. The molecule has 570 valence electrons. The highest BCUT2D eigenvalue weighted by Gasteiger charge is 2.30. The van der Waals surface area contributed by atoms with Gasteiger partial charge in [0.2, 0.25) is 0 Å². The van der Waals surface area contributed by atoms with Gasteiger partial charge in [-0.3, -0.25) is 37.3 Å². The first kappa shape index (κ1) is 94.1. The molecule has 0 spiro atoms. The SMILES string of the molecule is CC(C)CCCCCCCCCCCCCCCCCCCCC(=O)OC[C@H](COP(=O)(O)OC[C@@H](O)COP(=O)(O)OC[C@@H](COC(=O)CCCCCCCCC(C)C)OC(=O)CCCCCCCCCCCCCCCC(C)C)OC(=O)CCCCCCCCCC(C)C. The van der Waals surface area contributed by atoms with E-state index in [9.17, 15) is 43.2 Å². The van der Waals surface area contributed by atoms with Crippen LogP contribution in [0.25, 0.3) is 0 Å². The number of phosphoric acid groups is 2. The Hall–Kier alpha value is -1.94. The second-order valence-electron chi connectivity index (χ2n) is 29.7. The zero-order chi connectivity index (χ0) is 71.0. The molecule has 19 heteroatoms. The predicted octanol–water partition coefficient (Wildman–Crippen LogP) is 22.4. The van der Waals surface area contributed by atoms with E-state index in [4.69, 9.17) is 37.0 Å². The van der Waals surface area contributed by atoms with Gasteiger partial charge in [-0.05, 0) is 49.4 Å². The quantitative estimate of drug-likeness (QED) is 0.0222. The largest absolute Gasteiger partial charge is 0.472 e. The average Bonchev–Trinajstić information content (AvgIpc) is 1.35. The van der Waals surface area contributed by atoms with Crippen LogP contribution in [-0.2, 0) is 65.4 Å². The van der Waals surface area contributed by atoms with Crippen molar-refractivity contribution in [2.24, 2.45) is 23.7 Å². The lowest BCUT2D eigenvalue weighted by molar-refractivity contribution is -0.161. The van der Waals surface area contributed by atoms with E-state index in [1.807, 2.05) is 0 Å². The van der Waals surface area contributed by atoms with E-state index in [0.717, 1.165) is 108 Å². The van der Waals surface area contributed by atoms with Crippen LogP contribution in [0.1, 0.15) is 389 Å². The molecule has 96 heavy (non-hydrogen) atoms. The molecule has 2 unspecified atom stereocenters. The summed E-state index contributed by atoms with van der Waals surface area (Å²) in [6.45, 7) is 14.1. The number of unbranched alkanes of at least 4 members (excludes halogenated alkanes) is 40. The van der Waals surface area contributed by atoms with Gasteiger partial charge in [-0.2, -0.15) is 0 Å². The third-order valence-corrected chi connectivity index (χ3v) is 19.7. The summed E-state index contributed by atoms with van der Waals surface area (Å²) in [6.07, 6.45) is 51.8. The molecule has 17 nitrogen and oxygen atoms in total. The van der Waals surface area contributed by atoms with Crippen LogP contribution >= 0.6 is 15.6 Å². The number of ether oxygens (including phenoxy) is 4. The molecule has 0 aromatic heterocycles. The summed E-state index contributed by atoms with van der Waals surface area (Å²) in [7, 11) is -9.91. The lowest BCUT2D eigenvalue weighted by atomic mass is 10.0. The monoisotopic (exact) mass is 1410 g/mol. The molecular weight excluding hydrogens is 1260 g/mol. The molecule has 0 aliphatic rings. The van der Waals surface area contributed by atoms with Gasteiger partial charge in [0.1, 0.15) is 19.3 Å². The molecule has 0 aromatic carbocycles. The molecule has 0 fully saturated rings. The molecule has 0 aliphatic heterocycles. The number of hydrogen-bond donors (Lipinski definition) is 3. The number of esters is 4. The maximum Gasteiger partial charge on any atom is 0.472 e.